The van der Waals surface area contributed by atoms with Gasteiger partial charge in [0.2, 0.25) is 0 Å². The van der Waals surface area contributed by atoms with Crippen molar-refractivity contribution < 1.29 is 4.21 Å². The van der Waals surface area contributed by atoms with Crippen molar-refractivity contribution in [2.45, 2.75) is 25.5 Å². The van der Waals surface area contributed by atoms with Crippen LogP contribution in [0.4, 0.5) is 5.82 Å². The highest BCUT2D eigenvalue weighted by atomic mass is 32.2. The van der Waals surface area contributed by atoms with Crippen LogP contribution in [-0.4, -0.2) is 36.9 Å². The quantitative estimate of drug-likeness (QED) is 0.893. The Labute approximate surface area is 109 Å². The first-order valence-corrected chi connectivity index (χ1v) is 7.57. The molecule has 2 unspecified atom stereocenters. The molecule has 0 spiro atoms. The van der Waals surface area contributed by atoms with Crippen LogP contribution in [0.15, 0.2) is 18.5 Å². The van der Waals surface area contributed by atoms with Crippen molar-refractivity contribution in [3.05, 3.63) is 24.2 Å². The Balaban J connectivity index is 2.05. The van der Waals surface area contributed by atoms with Gasteiger partial charge in [-0.3, -0.25) is 4.21 Å². The summed E-state index contributed by atoms with van der Waals surface area (Å²) in [7, 11) is -0.769. The second kappa shape index (κ2) is 5.48. The van der Waals surface area contributed by atoms with Crippen molar-refractivity contribution in [1.82, 2.24) is 14.6 Å². The number of aromatic nitrogens is 3. The topological polar surface area (TPSA) is 59.3 Å². The molecule has 2 atom stereocenters. The van der Waals surface area contributed by atoms with Crippen LogP contribution < -0.4 is 5.32 Å². The molecule has 2 rings (SSSR count). The summed E-state index contributed by atoms with van der Waals surface area (Å²) in [5, 5.41) is 7.81. The number of hydrogen-bond acceptors (Lipinski definition) is 4. The van der Waals surface area contributed by atoms with Gasteiger partial charge in [0.05, 0.1) is 5.69 Å². The minimum Gasteiger partial charge on any atom is -0.368 e. The summed E-state index contributed by atoms with van der Waals surface area (Å²) < 4.78 is 13.1. The van der Waals surface area contributed by atoms with E-state index < -0.39 is 10.8 Å². The largest absolute Gasteiger partial charge is 0.368 e. The molecule has 5 nitrogen and oxygen atoms in total. The number of hydrogen-bond donors (Lipinski definition) is 1. The van der Waals surface area contributed by atoms with E-state index in [9.17, 15) is 4.21 Å². The standard InChI is InChI=1S/C12H18N4OS/c1-9-8-11-12(14-6-7-16(11)15-9)13-5-4-10(2)18(3)17/h6-8,10H,4-5H2,1-3H3,(H,13,14). The molecule has 2 aromatic rings. The third kappa shape index (κ3) is 2.87. The normalized spacial score (nSPS) is 14.6. The molecule has 6 heteroatoms. The van der Waals surface area contributed by atoms with Crippen LogP contribution >= 0.6 is 0 Å². The molecule has 0 aliphatic rings. The van der Waals surface area contributed by atoms with E-state index in [2.05, 4.69) is 15.4 Å². The summed E-state index contributed by atoms with van der Waals surface area (Å²) in [6, 6.07) is 2.00. The van der Waals surface area contributed by atoms with Gasteiger partial charge in [-0.05, 0) is 19.4 Å². The van der Waals surface area contributed by atoms with E-state index >= 15 is 0 Å². The summed E-state index contributed by atoms with van der Waals surface area (Å²) in [6.45, 7) is 4.71. The lowest BCUT2D eigenvalue weighted by molar-refractivity contribution is 0.672. The Morgan fingerprint density at radius 2 is 2.33 bits per heavy atom. The third-order valence-corrected chi connectivity index (χ3v) is 4.29. The molecule has 98 valence electrons. The van der Waals surface area contributed by atoms with E-state index in [4.69, 9.17) is 0 Å². The average Bonchev–Trinajstić information content (AvgIpc) is 2.70. The summed E-state index contributed by atoms with van der Waals surface area (Å²) >= 11 is 0. The van der Waals surface area contributed by atoms with Crippen molar-refractivity contribution in [2.75, 3.05) is 18.1 Å². The molecule has 0 aliphatic carbocycles. The van der Waals surface area contributed by atoms with Crippen LogP contribution in [0.1, 0.15) is 19.0 Å². The van der Waals surface area contributed by atoms with E-state index in [0.29, 0.717) is 0 Å². The molecule has 0 aromatic carbocycles. The number of anilines is 1. The second-order valence-electron chi connectivity index (χ2n) is 4.42. The molecule has 0 saturated carbocycles. The molecule has 0 bridgehead atoms. The summed E-state index contributed by atoms with van der Waals surface area (Å²) in [5.41, 5.74) is 1.94. The molecule has 2 heterocycles. The predicted octanol–water partition coefficient (Wildman–Crippen LogP) is 1.61. The van der Waals surface area contributed by atoms with Gasteiger partial charge in [0.25, 0.3) is 0 Å². The van der Waals surface area contributed by atoms with E-state index in [1.165, 1.54) is 0 Å². The molecule has 0 saturated heterocycles. The van der Waals surface area contributed by atoms with Crippen LogP contribution in [0.3, 0.4) is 0 Å². The van der Waals surface area contributed by atoms with Gasteiger partial charge in [0.1, 0.15) is 5.52 Å². The summed E-state index contributed by atoms with van der Waals surface area (Å²) in [6.07, 6.45) is 6.16. The first kappa shape index (κ1) is 13.0. The van der Waals surface area contributed by atoms with E-state index in [1.54, 1.807) is 12.5 Å². The second-order valence-corrected chi connectivity index (χ2v) is 6.22. The Kier molecular flexibility index (Phi) is 3.96. The number of rotatable bonds is 5. The lowest BCUT2D eigenvalue weighted by atomic mass is 10.3. The van der Waals surface area contributed by atoms with Gasteiger partial charge in [-0.1, -0.05) is 6.92 Å². The highest BCUT2D eigenvalue weighted by molar-refractivity contribution is 7.84. The maximum atomic E-state index is 11.3. The molecule has 0 aliphatic heterocycles. The maximum Gasteiger partial charge on any atom is 0.152 e. The molecular weight excluding hydrogens is 248 g/mol. The fourth-order valence-corrected chi connectivity index (χ4v) is 2.19. The van der Waals surface area contributed by atoms with Crippen LogP contribution in [-0.2, 0) is 10.8 Å². The monoisotopic (exact) mass is 266 g/mol. The smallest absolute Gasteiger partial charge is 0.152 e. The SMILES string of the molecule is Cc1cc2c(NCCC(C)S(C)=O)nccn2n1. The number of aryl methyl sites for hydroxylation is 1. The highest BCUT2D eigenvalue weighted by Gasteiger charge is 2.08. The van der Waals surface area contributed by atoms with Gasteiger partial charge in [0, 0.05) is 41.2 Å². The van der Waals surface area contributed by atoms with Gasteiger partial charge >= 0.3 is 0 Å². The number of nitrogens with one attached hydrogen (secondary N) is 1. The molecule has 0 fully saturated rings. The van der Waals surface area contributed by atoms with Crippen LogP contribution in [0.25, 0.3) is 5.52 Å². The minimum absolute atomic E-state index is 0.198. The van der Waals surface area contributed by atoms with Crippen LogP contribution in [0, 0.1) is 6.92 Å². The third-order valence-electron chi connectivity index (χ3n) is 2.92. The van der Waals surface area contributed by atoms with Crippen molar-refractivity contribution >= 4 is 22.1 Å². The minimum atomic E-state index is -0.769. The van der Waals surface area contributed by atoms with Gasteiger partial charge in [0.15, 0.2) is 5.82 Å². The Morgan fingerprint density at radius 1 is 1.56 bits per heavy atom. The zero-order chi connectivity index (χ0) is 13.1. The van der Waals surface area contributed by atoms with Crippen molar-refractivity contribution in [3.8, 4) is 0 Å². The van der Waals surface area contributed by atoms with Crippen molar-refractivity contribution in [2.24, 2.45) is 0 Å². The van der Waals surface area contributed by atoms with E-state index in [1.807, 2.05) is 30.6 Å². The first-order valence-electron chi connectivity index (χ1n) is 5.95. The van der Waals surface area contributed by atoms with Gasteiger partial charge in [-0.15, -0.1) is 0 Å². The van der Waals surface area contributed by atoms with E-state index in [-0.39, 0.29) is 5.25 Å². The van der Waals surface area contributed by atoms with Crippen molar-refractivity contribution in [1.29, 1.82) is 0 Å². The Morgan fingerprint density at radius 3 is 3.06 bits per heavy atom. The molecule has 0 radical (unpaired) electrons. The molecular formula is C12H18N4OS. The van der Waals surface area contributed by atoms with E-state index in [0.717, 1.165) is 30.0 Å². The lowest BCUT2D eigenvalue weighted by Crippen LogP contribution is -2.15. The molecule has 18 heavy (non-hydrogen) atoms. The first-order chi connectivity index (χ1) is 8.58. The molecule has 1 N–H and O–H groups in total. The zero-order valence-electron chi connectivity index (χ0n) is 10.9. The number of nitrogens with zero attached hydrogens (tertiary/aromatic N) is 3. The molecule has 0 amide bonds. The Bertz CT molecular complexity index is 566. The summed E-state index contributed by atoms with van der Waals surface area (Å²) in [4.78, 5) is 4.31. The molecule has 2 aromatic heterocycles. The fourth-order valence-electron chi connectivity index (χ4n) is 1.74. The average molecular weight is 266 g/mol. The van der Waals surface area contributed by atoms with Gasteiger partial charge < -0.3 is 5.32 Å². The lowest BCUT2D eigenvalue weighted by Gasteiger charge is -2.10. The highest BCUT2D eigenvalue weighted by Crippen LogP contribution is 2.14. The van der Waals surface area contributed by atoms with Crippen molar-refractivity contribution in [3.63, 3.8) is 0 Å². The fraction of sp³-hybridized carbons (Fsp3) is 0.500. The van der Waals surface area contributed by atoms with Crippen LogP contribution in [0.2, 0.25) is 0 Å². The van der Waals surface area contributed by atoms with Crippen LogP contribution in [0.5, 0.6) is 0 Å². The van der Waals surface area contributed by atoms with Gasteiger partial charge in [-0.2, -0.15) is 5.10 Å². The summed E-state index contributed by atoms with van der Waals surface area (Å²) in [5.74, 6) is 0.826. The predicted molar refractivity (Wildman–Crippen MR) is 74.4 cm³/mol. The maximum absolute atomic E-state index is 11.3. The number of fused-ring (bicyclic) bond motifs is 1. The zero-order valence-corrected chi connectivity index (χ0v) is 11.7. The Hall–Kier alpha value is -1.43. The van der Waals surface area contributed by atoms with Gasteiger partial charge in [-0.25, -0.2) is 9.50 Å².